The number of carbonyl (C=O) groups is 6. The van der Waals surface area contributed by atoms with Crippen molar-refractivity contribution in [1.29, 1.82) is 5.41 Å². The number of thiazole rings is 1. The number of aliphatic hydroxyl groups excluding tert-OH is 1. The molecule has 0 bridgehead atoms. The molecule has 0 aliphatic rings. The predicted molar refractivity (Wildman–Crippen MR) is 163 cm³/mol. The van der Waals surface area contributed by atoms with Crippen LogP contribution in [0.5, 0.6) is 0 Å². The molecule has 1 heterocycles. The van der Waals surface area contributed by atoms with Gasteiger partial charge in [-0.05, 0) is 31.6 Å². The average molecular weight is 642 g/mol. The van der Waals surface area contributed by atoms with Gasteiger partial charge in [-0.25, -0.2) is 4.98 Å². The van der Waals surface area contributed by atoms with Gasteiger partial charge < -0.3 is 43.2 Å². The van der Waals surface area contributed by atoms with Crippen molar-refractivity contribution < 1.29 is 33.9 Å². The van der Waals surface area contributed by atoms with Crippen LogP contribution in [0.1, 0.15) is 62.7 Å². The SMILES string of the molecule is CC(=O)N[C@@H](CO)C(=O)N[C@@H](CCC(N)=O)C(=O)N[C@]([SiH3])(CC(C)C)C(=O)N[C@@H](CCCNC(=N)N)C(=O)c1nccs1. The molecule has 0 saturated heterocycles. The number of primary amides is 1. The summed E-state index contributed by atoms with van der Waals surface area (Å²) in [6.07, 6.45) is 1.76. The molecule has 1 aromatic heterocycles. The Bertz CT molecular complexity index is 1150. The summed E-state index contributed by atoms with van der Waals surface area (Å²) >= 11 is 1.12. The number of amides is 5. The van der Waals surface area contributed by atoms with E-state index >= 15 is 0 Å². The first-order valence-electron chi connectivity index (χ1n) is 13.7. The molecule has 1 rings (SSSR count). The smallest absolute Gasteiger partial charge is 0.245 e. The van der Waals surface area contributed by atoms with Gasteiger partial charge in [0.1, 0.15) is 12.1 Å². The van der Waals surface area contributed by atoms with Crippen molar-refractivity contribution in [3.05, 3.63) is 16.6 Å². The lowest BCUT2D eigenvalue weighted by Crippen LogP contribution is -2.65. The van der Waals surface area contributed by atoms with Gasteiger partial charge in [0.2, 0.25) is 35.3 Å². The summed E-state index contributed by atoms with van der Waals surface area (Å²) in [4.78, 5) is 80.2. The third-order valence-corrected chi connectivity index (χ3v) is 8.06. The van der Waals surface area contributed by atoms with Crippen molar-refractivity contribution in [2.24, 2.45) is 17.4 Å². The van der Waals surface area contributed by atoms with E-state index in [0.29, 0.717) is 6.42 Å². The first-order chi connectivity index (χ1) is 20.1. The number of carbonyl (C=O) groups excluding carboxylic acids is 6. The number of nitrogens with zero attached hydrogens (tertiary/aromatic N) is 1. The number of nitrogens with one attached hydrogen (secondary N) is 6. The van der Waals surface area contributed by atoms with Gasteiger partial charge >= 0.3 is 0 Å². The van der Waals surface area contributed by atoms with Crippen LogP contribution in [0.15, 0.2) is 11.6 Å². The topological polar surface area (TPSA) is 272 Å². The Labute approximate surface area is 256 Å². The minimum Gasteiger partial charge on any atom is -0.394 e. The molecule has 16 nitrogen and oxygen atoms in total. The van der Waals surface area contributed by atoms with Crippen LogP contribution in [0, 0.1) is 11.3 Å². The maximum atomic E-state index is 13.8. The molecule has 0 aliphatic carbocycles. The number of rotatable bonds is 19. The van der Waals surface area contributed by atoms with E-state index in [0.717, 1.165) is 18.3 Å². The number of aliphatic hydroxyl groups is 1. The first-order valence-corrected chi connectivity index (χ1v) is 15.6. The molecule has 240 valence electrons. The molecule has 4 atom stereocenters. The predicted octanol–water partition coefficient (Wildman–Crippen LogP) is -3.45. The van der Waals surface area contributed by atoms with Crippen LogP contribution in [0.3, 0.4) is 0 Å². The summed E-state index contributed by atoms with van der Waals surface area (Å²) in [7, 11) is 0.0923. The molecule has 0 unspecified atom stereocenters. The van der Waals surface area contributed by atoms with Crippen LogP contribution in [-0.4, -0.2) is 98.1 Å². The highest BCUT2D eigenvalue weighted by Crippen LogP contribution is 2.18. The van der Waals surface area contributed by atoms with E-state index in [1.807, 2.05) is 13.8 Å². The molecule has 1 aromatic rings. The third-order valence-electron chi connectivity index (χ3n) is 6.16. The molecule has 18 heteroatoms. The Kier molecular flexibility index (Phi) is 15.5. The highest BCUT2D eigenvalue weighted by Gasteiger charge is 2.39. The number of guanidine groups is 1. The van der Waals surface area contributed by atoms with Crippen LogP contribution >= 0.6 is 11.3 Å². The number of hydrogen-bond acceptors (Lipinski definition) is 10. The molecular weight excluding hydrogens is 598 g/mol. The Hall–Kier alpha value is -3.90. The summed E-state index contributed by atoms with van der Waals surface area (Å²) in [5, 5.41) is 30.0. The van der Waals surface area contributed by atoms with Crippen LogP contribution in [0.25, 0.3) is 0 Å². The van der Waals surface area contributed by atoms with Crippen LogP contribution in [-0.2, 0) is 24.0 Å². The normalized spacial score (nSPS) is 14.4. The van der Waals surface area contributed by atoms with Gasteiger partial charge in [0.25, 0.3) is 0 Å². The Balaban J connectivity index is 3.24. The van der Waals surface area contributed by atoms with Crippen LogP contribution in [0.2, 0.25) is 0 Å². The molecule has 11 N–H and O–H groups in total. The second-order valence-electron chi connectivity index (χ2n) is 10.6. The molecule has 0 saturated carbocycles. The zero-order valence-electron chi connectivity index (χ0n) is 24.8. The van der Waals surface area contributed by atoms with Crippen molar-refractivity contribution in [3.8, 4) is 0 Å². The standard InChI is InChI=1S/C25H43N9O7SSi/c1-13(2)11-25(43,23(41)33-15(5-4-8-30-24(27)28)19(38)22-29-9-10-42-22)34-21(40)16(6-7-18(26)37)32-20(39)17(12-35)31-14(3)36/h9-10,13,15-17,35H,4-8,11-12H2,1-3,43H3,(H2,26,37)(H,31,36)(H,32,39)(H,33,41)(H,34,40)(H4,27,28,30)/t15-,16-,17-,25-/m0/s1. The molecular formula is C25H43N9O7SSi. The fraction of sp³-hybridized carbons (Fsp3) is 0.600. The van der Waals surface area contributed by atoms with Crippen molar-refractivity contribution in [2.75, 3.05) is 13.2 Å². The molecule has 0 aromatic carbocycles. The maximum Gasteiger partial charge on any atom is 0.245 e. The fourth-order valence-electron chi connectivity index (χ4n) is 4.25. The molecule has 0 aliphatic heterocycles. The zero-order chi connectivity index (χ0) is 32.7. The lowest BCUT2D eigenvalue weighted by atomic mass is 9.99. The summed E-state index contributed by atoms with van der Waals surface area (Å²) < 4.78 is 0. The Morgan fingerprint density at radius 3 is 2.23 bits per heavy atom. The molecule has 0 fully saturated rings. The van der Waals surface area contributed by atoms with Gasteiger partial charge in [-0.1, -0.05) is 13.8 Å². The van der Waals surface area contributed by atoms with Crippen molar-refractivity contribution in [3.63, 3.8) is 0 Å². The van der Waals surface area contributed by atoms with Gasteiger partial charge in [0.15, 0.2) is 11.0 Å². The summed E-state index contributed by atoms with van der Waals surface area (Å²) in [6, 6.07) is -3.67. The molecule has 0 spiro atoms. The zero-order valence-corrected chi connectivity index (χ0v) is 27.6. The van der Waals surface area contributed by atoms with Gasteiger partial charge in [-0.2, -0.15) is 0 Å². The first kappa shape index (κ1) is 37.1. The molecule has 5 amide bonds. The van der Waals surface area contributed by atoms with Crippen molar-refractivity contribution in [1.82, 2.24) is 31.6 Å². The summed E-state index contributed by atoms with van der Waals surface area (Å²) in [5.74, 6) is -4.30. The Morgan fingerprint density at radius 1 is 1.05 bits per heavy atom. The highest BCUT2D eigenvalue weighted by atomic mass is 32.1. The van der Waals surface area contributed by atoms with Gasteiger partial charge in [0.05, 0.1) is 17.8 Å². The number of Topliss-reactive ketones (excluding diaryl/α,β-unsaturated/α-hetero) is 1. The van der Waals surface area contributed by atoms with Crippen LogP contribution < -0.4 is 38.1 Å². The molecule has 43 heavy (non-hydrogen) atoms. The van der Waals surface area contributed by atoms with Crippen molar-refractivity contribution >= 4 is 62.9 Å². The number of nitrogens with two attached hydrogens (primary N) is 2. The van der Waals surface area contributed by atoms with E-state index in [1.165, 1.54) is 6.20 Å². The van der Waals surface area contributed by atoms with E-state index in [9.17, 15) is 33.9 Å². The quantitative estimate of drug-likeness (QED) is 0.0237. The monoisotopic (exact) mass is 641 g/mol. The second-order valence-corrected chi connectivity index (χ2v) is 13.2. The lowest BCUT2D eigenvalue weighted by Gasteiger charge is -2.34. The molecule has 0 radical (unpaired) electrons. The van der Waals surface area contributed by atoms with Crippen molar-refractivity contribution in [2.45, 2.75) is 76.2 Å². The summed E-state index contributed by atoms with van der Waals surface area (Å²) in [5.41, 5.74) is 10.6. The highest BCUT2D eigenvalue weighted by molar-refractivity contribution is 7.11. The third kappa shape index (κ3) is 13.3. The lowest BCUT2D eigenvalue weighted by molar-refractivity contribution is -0.135. The number of aromatic nitrogens is 1. The average Bonchev–Trinajstić information content (AvgIpc) is 3.44. The van der Waals surface area contributed by atoms with Gasteiger partial charge in [0, 0.05) is 41.7 Å². The summed E-state index contributed by atoms with van der Waals surface area (Å²) in [6.45, 7) is 4.40. The van der Waals surface area contributed by atoms with Crippen LogP contribution in [0.4, 0.5) is 0 Å². The largest absolute Gasteiger partial charge is 0.394 e. The van der Waals surface area contributed by atoms with Gasteiger partial charge in [-0.3, -0.25) is 34.2 Å². The van der Waals surface area contributed by atoms with E-state index in [2.05, 4.69) is 31.6 Å². The van der Waals surface area contributed by atoms with Gasteiger partial charge in [-0.15, -0.1) is 11.3 Å². The Morgan fingerprint density at radius 2 is 1.72 bits per heavy atom. The minimum atomic E-state index is -1.44. The van der Waals surface area contributed by atoms with E-state index < -0.39 is 65.2 Å². The fourth-order valence-corrected chi connectivity index (χ4v) is 6.09. The minimum absolute atomic E-state index is 0.0753. The second kappa shape index (κ2) is 17.9. The number of hydrogen-bond donors (Lipinski definition) is 9. The van der Waals surface area contributed by atoms with E-state index in [1.54, 1.807) is 5.38 Å². The van der Waals surface area contributed by atoms with E-state index in [-0.39, 0.29) is 59.4 Å². The maximum absolute atomic E-state index is 13.8. The number of ketones is 1. The van der Waals surface area contributed by atoms with E-state index in [4.69, 9.17) is 16.9 Å².